The molecule has 2 unspecified atom stereocenters. The number of allylic oxidation sites excluding steroid dienone is 2. The van der Waals surface area contributed by atoms with Crippen LogP contribution in [0.5, 0.6) is 0 Å². The van der Waals surface area contributed by atoms with E-state index in [1.165, 1.54) is 5.56 Å². The van der Waals surface area contributed by atoms with Crippen LogP contribution in [0.3, 0.4) is 0 Å². The second-order valence-electron chi connectivity index (χ2n) is 5.33. The first-order valence-electron chi connectivity index (χ1n) is 6.53. The summed E-state index contributed by atoms with van der Waals surface area (Å²) in [5.41, 5.74) is 1.18. The zero-order valence-corrected chi connectivity index (χ0v) is 11.2. The van der Waals surface area contributed by atoms with Gasteiger partial charge in [-0.3, -0.25) is 4.79 Å². The Labute approximate surface area is 109 Å². The third-order valence-corrected chi connectivity index (χ3v) is 3.28. The minimum atomic E-state index is -0.0189. The molecule has 0 bridgehead atoms. The summed E-state index contributed by atoms with van der Waals surface area (Å²) in [5.74, 6) is 1.25. The Hall–Kier alpha value is -1.57. The number of benzene rings is 1. The molecule has 0 radical (unpaired) electrons. The summed E-state index contributed by atoms with van der Waals surface area (Å²) < 4.78 is 5.61. The summed E-state index contributed by atoms with van der Waals surface area (Å²) >= 11 is 0. The summed E-state index contributed by atoms with van der Waals surface area (Å²) in [4.78, 5) is 12.1. The molecule has 96 valence electrons. The molecule has 0 N–H and O–H groups in total. The van der Waals surface area contributed by atoms with Crippen LogP contribution in [0, 0.1) is 11.8 Å². The smallest absolute Gasteiger partial charge is 0.200 e. The predicted molar refractivity (Wildman–Crippen MR) is 72.2 cm³/mol. The number of carbonyl (C=O) groups is 1. The topological polar surface area (TPSA) is 26.3 Å². The number of hydrogen-bond acceptors (Lipinski definition) is 2. The molecule has 0 amide bonds. The van der Waals surface area contributed by atoms with Crippen LogP contribution < -0.4 is 0 Å². The fourth-order valence-electron chi connectivity index (χ4n) is 2.21. The molecule has 0 aromatic heterocycles. The highest BCUT2D eigenvalue weighted by atomic mass is 16.5. The third kappa shape index (κ3) is 2.63. The number of rotatable bonds is 4. The Morgan fingerprint density at radius 3 is 2.50 bits per heavy atom. The number of carbonyl (C=O) groups excluding carboxylic acids is 1. The van der Waals surface area contributed by atoms with Crippen LogP contribution in [0.2, 0.25) is 0 Å². The minimum Gasteiger partial charge on any atom is -0.490 e. The number of Topliss-reactive ketones (excluding diaryl/α,β-unsaturated/α-hetero) is 1. The van der Waals surface area contributed by atoms with Crippen LogP contribution >= 0.6 is 0 Å². The van der Waals surface area contributed by atoms with Crippen LogP contribution in [0.4, 0.5) is 0 Å². The van der Waals surface area contributed by atoms with Gasteiger partial charge in [0.25, 0.3) is 0 Å². The second-order valence-corrected chi connectivity index (χ2v) is 5.33. The van der Waals surface area contributed by atoms with Gasteiger partial charge >= 0.3 is 0 Å². The Morgan fingerprint density at radius 1 is 1.22 bits per heavy atom. The maximum Gasteiger partial charge on any atom is 0.200 e. The lowest BCUT2D eigenvalue weighted by Gasteiger charge is -2.12. The van der Waals surface area contributed by atoms with Gasteiger partial charge in [-0.1, -0.05) is 51.1 Å². The van der Waals surface area contributed by atoms with Crippen molar-refractivity contribution in [2.24, 2.45) is 11.8 Å². The average Bonchev–Trinajstić information content (AvgIpc) is 2.65. The molecule has 0 saturated carbocycles. The molecular weight excluding hydrogens is 224 g/mol. The second kappa shape index (κ2) is 5.38. The van der Waals surface area contributed by atoms with E-state index >= 15 is 0 Å². The highest BCUT2D eigenvalue weighted by Crippen LogP contribution is 2.35. The molecule has 0 heterocycles. The molecule has 0 aliphatic heterocycles. The average molecular weight is 244 g/mol. The highest BCUT2D eigenvalue weighted by Gasteiger charge is 2.34. The lowest BCUT2D eigenvalue weighted by molar-refractivity contribution is -0.121. The summed E-state index contributed by atoms with van der Waals surface area (Å²) in [7, 11) is 0. The minimum absolute atomic E-state index is 0.0189. The molecule has 0 saturated heterocycles. The normalized spacial score (nSPS) is 23.3. The molecule has 1 aromatic rings. The SMILES string of the molecule is CC(C)COC1=CC(c2ccccc2)C(C)C1=O. The third-order valence-electron chi connectivity index (χ3n) is 3.28. The fraction of sp³-hybridized carbons (Fsp3) is 0.438. The van der Waals surface area contributed by atoms with E-state index in [1.54, 1.807) is 0 Å². The Morgan fingerprint density at radius 2 is 1.89 bits per heavy atom. The Bertz CT molecular complexity index is 445. The van der Waals surface area contributed by atoms with Gasteiger partial charge in [-0.05, 0) is 17.6 Å². The first-order chi connectivity index (χ1) is 8.59. The van der Waals surface area contributed by atoms with Crippen molar-refractivity contribution >= 4 is 5.78 Å². The summed E-state index contributed by atoms with van der Waals surface area (Å²) in [5, 5.41) is 0. The van der Waals surface area contributed by atoms with Crippen molar-refractivity contribution in [3.05, 3.63) is 47.7 Å². The zero-order chi connectivity index (χ0) is 13.1. The standard InChI is InChI=1S/C16H20O2/c1-11(2)10-18-15-9-14(12(3)16(15)17)13-7-5-4-6-8-13/h4-9,11-12,14H,10H2,1-3H3. The van der Waals surface area contributed by atoms with Crippen molar-refractivity contribution in [1.29, 1.82) is 0 Å². The summed E-state index contributed by atoms with van der Waals surface area (Å²) in [6, 6.07) is 10.1. The Balaban J connectivity index is 2.16. The van der Waals surface area contributed by atoms with E-state index in [0.29, 0.717) is 18.3 Å². The van der Waals surface area contributed by atoms with Gasteiger partial charge in [-0.25, -0.2) is 0 Å². The molecule has 0 spiro atoms. The largest absolute Gasteiger partial charge is 0.490 e. The quantitative estimate of drug-likeness (QED) is 0.809. The lowest BCUT2D eigenvalue weighted by atomic mass is 9.90. The van der Waals surface area contributed by atoms with Crippen LogP contribution in [0.1, 0.15) is 32.3 Å². The first-order valence-corrected chi connectivity index (χ1v) is 6.53. The van der Waals surface area contributed by atoms with E-state index in [0.717, 1.165) is 0 Å². The van der Waals surface area contributed by atoms with E-state index in [1.807, 2.05) is 31.2 Å². The van der Waals surface area contributed by atoms with Gasteiger partial charge in [0.1, 0.15) is 0 Å². The van der Waals surface area contributed by atoms with Crippen LogP contribution in [0.15, 0.2) is 42.2 Å². The number of hydrogen-bond donors (Lipinski definition) is 0. The van der Waals surface area contributed by atoms with Gasteiger partial charge in [0.05, 0.1) is 6.61 Å². The van der Waals surface area contributed by atoms with Crippen LogP contribution in [-0.2, 0) is 9.53 Å². The molecule has 2 heteroatoms. The predicted octanol–water partition coefficient (Wildman–Crippen LogP) is 3.55. The monoisotopic (exact) mass is 244 g/mol. The summed E-state index contributed by atoms with van der Waals surface area (Å²) in [6.45, 7) is 6.74. The van der Waals surface area contributed by atoms with Gasteiger partial charge in [0, 0.05) is 11.8 Å². The molecular formula is C16H20O2. The van der Waals surface area contributed by atoms with Gasteiger partial charge in [0.15, 0.2) is 5.76 Å². The zero-order valence-electron chi connectivity index (χ0n) is 11.2. The molecule has 2 rings (SSSR count). The molecule has 2 nitrogen and oxygen atoms in total. The molecule has 1 aliphatic carbocycles. The van der Waals surface area contributed by atoms with Gasteiger partial charge in [-0.2, -0.15) is 0 Å². The number of ketones is 1. The lowest BCUT2D eigenvalue weighted by Crippen LogP contribution is -2.14. The van der Waals surface area contributed by atoms with Crippen LogP contribution in [-0.4, -0.2) is 12.4 Å². The molecule has 1 aromatic carbocycles. The van der Waals surface area contributed by atoms with E-state index < -0.39 is 0 Å². The summed E-state index contributed by atoms with van der Waals surface area (Å²) in [6.07, 6.45) is 1.98. The highest BCUT2D eigenvalue weighted by molar-refractivity contribution is 5.98. The van der Waals surface area contributed by atoms with Crippen molar-refractivity contribution in [1.82, 2.24) is 0 Å². The van der Waals surface area contributed by atoms with Crippen molar-refractivity contribution in [2.75, 3.05) is 6.61 Å². The van der Waals surface area contributed by atoms with Crippen LogP contribution in [0.25, 0.3) is 0 Å². The molecule has 2 atom stereocenters. The van der Waals surface area contributed by atoms with E-state index in [2.05, 4.69) is 26.0 Å². The van der Waals surface area contributed by atoms with Crippen molar-refractivity contribution in [2.45, 2.75) is 26.7 Å². The van der Waals surface area contributed by atoms with E-state index in [-0.39, 0.29) is 17.6 Å². The maximum atomic E-state index is 12.1. The first kappa shape index (κ1) is 12.9. The maximum absolute atomic E-state index is 12.1. The molecule has 1 aliphatic rings. The fourth-order valence-corrected chi connectivity index (χ4v) is 2.21. The van der Waals surface area contributed by atoms with Crippen molar-refractivity contribution in [3.8, 4) is 0 Å². The van der Waals surface area contributed by atoms with Gasteiger partial charge in [0.2, 0.25) is 5.78 Å². The van der Waals surface area contributed by atoms with E-state index in [9.17, 15) is 4.79 Å². The van der Waals surface area contributed by atoms with Crippen molar-refractivity contribution in [3.63, 3.8) is 0 Å². The van der Waals surface area contributed by atoms with Gasteiger partial charge in [-0.15, -0.1) is 0 Å². The van der Waals surface area contributed by atoms with Crippen molar-refractivity contribution < 1.29 is 9.53 Å². The van der Waals surface area contributed by atoms with E-state index in [4.69, 9.17) is 4.74 Å². The molecule has 0 fully saturated rings. The van der Waals surface area contributed by atoms with Gasteiger partial charge < -0.3 is 4.74 Å². The Kier molecular flexibility index (Phi) is 3.85. The number of ether oxygens (including phenoxy) is 1. The molecule has 18 heavy (non-hydrogen) atoms.